The van der Waals surface area contributed by atoms with Crippen LogP contribution in [-0.2, 0) is 4.84 Å². The zero-order valence-corrected chi connectivity index (χ0v) is 5.86. The van der Waals surface area contributed by atoms with Gasteiger partial charge in [-0.1, -0.05) is 6.42 Å². The SMILES string of the molecule is OC(O)ON1CCCCC1. The second-order valence-electron chi connectivity index (χ2n) is 2.42. The fraction of sp³-hybridized carbons (Fsp3) is 1.00. The van der Waals surface area contributed by atoms with Crippen molar-refractivity contribution >= 4 is 0 Å². The molecule has 1 heterocycles. The highest BCUT2D eigenvalue weighted by atomic mass is 16.8. The number of hydrogen-bond donors (Lipinski definition) is 2. The minimum Gasteiger partial charge on any atom is -0.345 e. The first-order chi connectivity index (χ1) is 4.79. The van der Waals surface area contributed by atoms with Gasteiger partial charge in [0.05, 0.1) is 0 Å². The van der Waals surface area contributed by atoms with E-state index in [0.717, 1.165) is 25.9 Å². The van der Waals surface area contributed by atoms with E-state index in [1.54, 1.807) is 5.06 Å². The molecule has 0 aromatic rings. The van der Waals surface area contributed by atoms with Crippen LogP contribution in [0.5, 0.6) is 0 Å². The zero-order chi connectivity index (χ0) is 7.40. The van der Waals surface area contributed by atoms with Crippen molar-refractivity contribution in [2.45, 2.75) is 25.7 Å². The Bertz CT molecular complexity index is 91.0. The highest BCUT2D eigenvalue weighted by molar-refractivity contribution is 4.55. The first kappa shape index (κ1) is 7.94. The third-order valence-electron chi connectivity index (χ3n) is 1.56. The van der Waals surface area contributed by atoms with E-state index in [1.807, 2.05) is 0 Å². The van der Waals surface area contributed by atoms with Crippen LogP contribution in [-0.4, -0.2) is 34.8 Å². The lowest BCUT2D eigenvalue weighted by Gasteiger charge is -2.25. The lowest BCUT2D eigenvalue weighted by Crippen LogP contribution is -2.33. The van der Waals surface area contributed by atoms with Crippen LogP contribution in [0.4, 0.5) is 0 Å². The molecule has 0 unspecified atom stereocenters. The number of rotatable bonds is 2. The summed E-state index contributed by atoms with van der Waals surface area (Å²) in [7, 11) is 0. The summed E-state index contributed by atoms with van der Waals surface area (Å²) in [6, 6.07) is 0. The Labute approximate surface area is 60.0 Å². The number of piperidine rings is 1. The molecule has 1 aliphatic rings. The second kappa shape index (κ2) is 3.88. The Morgan fingerprint density at radius 1 is 1.10 bits per heavy atom. The normalized spacial score (nSPS) is 21.9. The molecule has 0 radical (unpaired) electrons. The number of nitrogens with zero attached hydrogens (tertiary/aromatic N) is 1. The highest BCUT2D eigenvalue weighted by Crippen LogP contribution is 2.08. The summed E-state index contributed by atoms with van der Waals surface area (Å²) in [5, 5.41) is 18.4. The number of hydrogen-bond acceptors (Lipinski definition) is 4. The number of aliphatic hydroxyl groups is 2. The van der Waals surface area contributed by atoms with Gasteiger partial charge in [-0.15, -0.1) is 0 Å². The van der Waals surface area contributed by atoms with Crippen molar-refractivity contribution in [2.24, 2.45) is 0 Å². The molecule has 0 spiro atoms. The smallest absolute Gasteiger partial charge is 0.283 e. The Kier molecular flexibility index (Phi) is 3.08. The molecule has 0 saturated carbocycles. The Balaban J connectivity index is 2.13. The third-order valence-corrected chi connectivity index (χ3v) is 1.56. The average molecular weight is 147 g/mol. The summed E-state index contributed by atoms with van der Waals surface area (Å²) in [6.45, 7) is -0.0481. The molecule has 0 atom stereocenters. The van der Waals surface area contributed by atoms with Crippen molar-refractivity contribution in [2.75, 3.05) is 13.1 Å². The lowest BCUT2D eigenvalue weighted by atomic mass is 10.2. The Hall–Kier alpha value is -0.160. The first-order valence-electron chi connectivity index (χ1n) is 3.57. The van der Waals surface area contributed by atoms with E-state index in [4.69, 9.17) is 10.2 Å². The van der Waals surface area contributed by atoms with Crippen LogP contribution >= 0.6 is 0 Å². The summed E-state index contributed by atoms with van der Waals surface area (Å²) in [6.07, 6.45) is 3.36. The Morgan fingerprint density at radius 2 is 1.70 bits per heavy atom. The molecule has 1 saturated heterocycles. The number of hydroxylamine groups is 2. The molecule has 0 aromatic carbocycles. The van der Waals surface area contributed by atoms with Crippen LogP contribution in [0.2, 0.25) is 0 Å². The van der Waals surface area contributed by atoms with Gasteiger partial charge in [0, 0.05) is 13.1 Å². The molecule has 0 aliphatic carbocycles. The number of aliphatic hydroxyl groups excluding tert-OH is 1. The lowest BCUT2D eigenvalue weighted by molar-refractivity contribution is -0.345. The quantitative estimate of drug-likeness (QED) is 0.525. The highest BCUT2D eigenvalue weighted by Gasteiger charge is 2.12. The van der Waals surface area contributed by atoms with Gasteiger partial charge in [0.1, 0.15) is 0 Å². The molecule has 10 heavy (non-hydrogen) atoms. The van der Waals surface area contributed by atoms with Gasteiger partial charge < -0.3 is 10.2 Å². The maximum atomic E-state index is 8.40. The van der Waals surface area contributed by atoms with E-state index >= 15 is 0 Å². The molecule has 60 valence electrons. The van der Waals surface area contributed by atoms with Gasteiger partial charge in [-0.2, -0.15) is 5.06 Å². The van der Waals surface area contributed by atoms with Gasteiger partial charge in [0.2, 0.25) is 0 Å². The van der Waals surface area contributed by atoms with Crippen LogP contribution < -0.4 is 0 Å². The molecule has 0 aromatic heterocycles. The van der Waals surface area contributed by atoms with Crippen LogP contribution in [0.25, 0.3) is 0 Å². The zero-order valence-electron chi connectivity index (χ0n) is 5.86. The van der Waals surface area contributed by atoms with Gasteiger partial charge >= 0.3 is 0 Å². The third kappa shape index (κ3) is 2.62. The monoisotopic (exact) mass is 147 g/mol. The van der Waals surface area contributed by atoms with Gasteiger partial charge in [-0.3, -0.25) is 0 Å². The largest absolute Gasteiger partial charge is 0.345 e. The standard InChI is InChI=1S/C6H13NO3/c8-6(9)10-7-4-2-1-3-5-7/h6,8-9H,1-5H2. The van der Waals surface area contributed by atoms with Crippen LogP contribution in [0.1, 0.15) is 19.3 Å². The average Bonchev–Trinajstić information content (AvgIpc) is 1.88. The van der Waals surface area contributed by atoms with Crippen molar-refractivity contribution in [3.8, 4) is 0 Å². The minimum absolute atomic E-state index is 0.803. The predicted octanol–water partition coefficient (Wildman–Crippen LogP) is -0.328. The topological polar surface area (TPSA) is 52.9 Å². The van der Waals surface area contributed by atoms with E-state index < -0.39 is 6.48 Å². The van der Waals surface area contributed by atoms with Crippen LogP contribution in [0.15, 0.2) is 0 Å². The van der Waals surface area contributed by atoms with Gasteiger partial charge in [-0.05, 0) is 12.8 Å². The summed E-state index contributed by atoms with van der Waals surface area (Å²) < 4.78 is 0. The van der Waals surface area contributed by atoms with Crippen molar-refractivity contribution in [1.82, 2.24) is 5.06 Å². The minimum atomic E-state index is -1.65. The molecule has 4 heteroatoms. The molecular weight excluding hydrogens is 134 g/mol. The van der Waals surface area contributed by atoms with Crippen molar-refractivity contribution < 1.29 is 15.1 Å². The fourth-order valence-corrected chi connectivity index (χ4v) is 1.10. The van der Waals surface area contributed by atoms with E-state index in [1.165, 1.54) is 6.42 Å². The van der Waals surface area contributed by atoms with Crippen molar-refractivity contribution in [1.29, 1.82) is 0 Å². The van der Waals surface area contributed by atoms with Crippen molar-refractivity contribution in [3.63, 3.8) is 0 Å². The maximum absolute atomic E-state index is 8.40. The van der Waals surface area contributed by atoms with E-state index in [-0.39, 0.29) is 0 Å². The summed E-state index contributed by atoms with van der Waals surface area (Å²) in [5.74, 6) is 0. The molecule has 1 fully saturated rings. The second-order valence-corrected chi connectivity index (χ2v) is 2.42. The van der Waals surface area contributed by atoms with Crippen LogP contribution in [0.3, 0.4) is 0 Å². The molecule has 1 aliphatic heterocycles. The van der Waals surface area contributed by atoms with Gasteiger partial charge in [0.15, 0.2) is 0 Å². The summed E-state index contributed by atoms with van der Waals surface area (Å²) in [4.78, 5) is 4.64. The molecule has 2 N–H and O–H groups in total. The van der Waals surface area contributed by atoms with E-state index in [9.17, 15) is 0 Å². The fourth-order valence-electron chi connectivity index (χ4n) is 1.10. The molecule has 0 amide bonds. The maximum Gasteiger partial charge on any atom is 0.283 e. The van der Waals surface area contributed by atoms with E-state index in [2.05, 4.69) is 4.84 Å². The molecular formula is C6H13NO3. The predicted molar refractivity (Wildman–Crippen MR) is 34.7 cm³/mol. The molecule has 4 nitrogen and oxygen atoms in total. The van der Waals surface area contributed by atoms with Gasteiger partial charge in [0.25, 0.3) is 6.48 Å². The van der Waals surface area contributed by atoms with E-state index in [0.29, 0.717) is 0 Å². The Morgan fingerprint density at radius 3 is 2.20 bits per heavy atom. The summed E-state index contributed by atoms with van der Waals surface area (Å²) in [5.41, 5.74) is 0. The van der Waals surface area contributed by atoms with Gasteiger partial charge in [-0.25, -0.2) is 4.84 Å². The van der Waals surface area contributed by atoms with Crippen LogP contribution in [0, 0.1) is 0 Å². The molecule has 1 rings (SSSR count). The van der Waals surface area contributed by atoms with Crippen molar-refractivity contribution in [3.05, 3.63) is 0 Å². The molecule has 0 bridgehead atoms. The first-order valence-corrected chi connectivity index (χ1v) is 3.57. The summed E-state index contributed by atoms with van der Waals surface area (Å²) >= 11 is 0.